The Morgan fingerprint density at radius 3 is 2.34 bits per heavy atom. The van der Waals surface area contributed by atoms with Crippen molar-refractivity contribution in [3.63, 3.8) is 0 Å². The van der Waals surface area contributed by atoms with Gasteiger partial charge in [0, 0.05) is 17.5 Å². The highest BCUT2D eigenvalue weighted by Gasteiger charge is 2.42. The predicted molar refractivity (Wildman–Crippen MR) is 126 cm³/mol. The molecule has 2 aliphatic heterocycles. The number of hydrogen-bond acceptors (Lipinski definition) is 5. The summed E-state index contributed by atoms with van der Waals surface area (Å²) in [6.07, 6.45) is 0.483. The molecule has 0 unspecified atom stereocenters. The molecule has 2 aliphatic rings. The lowest BCUT2D eigenvalue weighted by atomic mass is 9.95. The molecular formula is C27H28N2O3. The third-order valence-corrected chi connectivity index (χ3v) is 6.31. The molecule has 5 rings (SSSR count). The summed E-state index contributed by atoms with van der Waals surface area (Å²) in [7, 11) is 3.37. The second-order valence-electron chi connectivity index (χ2n) is 8.55. The number of benzene rings is 3. The topological polar surface area (TPSA) is 43.3 Å². The Balaban J connectivity index is 1.57. The SMILES string of the molecule is COc1ccc(C2=NN3[C@H](C2)c2cccc(OC)c2O[C@@H]3c2ccc(C(C)C)cc2)cc1. The zero-order valence-electron chi connectivity index (χ0n) is 18.9. The van der Waals surface area contributed by atoms with Crippen molar-refractivity contribution in [2.45, 2.75) is 38.5 Å². The van der Waals surface area contributed by atoms with Crippen molar-refractivity contribution in [1.29, 1.82) is 0 Å². The molecule has 0 radical (unpaired) electrons. The predicted octanol–water partition coefficient (Wildman–Crippen LogP) is 6.07. The Hall–Kier alpha value is -3.47. The lowest BCUT2D eigenvalue weighted by molar-refractivity contribution is -0.0209. The Kier molecular flexibility index (Phi) is 5.25. The Morgan fingerprint density at radius 2 is 1.69 bits per heavy atom. The first-order chi connectivity index (χ1) is 15.6. The van der Waals surface area contributed by atoms with Gasteiger partial charge in [-0.15, -0.1) is 0 Å². The van der Waals surface area contributed by atoms with E-state index < -0.39 is 0 Å². The first-order valence-corrected chi connectivity index (χ1v) is 11.0. The monoisotopic (exact) mass is 428 g/mol. The first-order valence-electron chi connectivity index (χ1n) is 11.0. The summed E-state index contributed by atoms with van der Waals surface area (Å²) in [4.78, 5) is 0. The number of para-hydroxylation sites is 1. The summed E-state index contributed by atoms with van der Waals surface area (Å²) in [5, 5.41) is 7.15. The van der Waals surface area contributed by atoms with Crippen molar-refractivity contribution < 1.29 is 14.2 Å². The van der Waals surface area contributed by atoms with Crippen LogP contribution in [-0.4, -0.2) is 24.9 Å². The van der Waals surface area contributed by atoms with E-state index in [1.807, 2.05) is 24.3 Å². The van der Waals surface area contributed by atoms with Gasteiger partial charge >= 0.3 is 0 Å². The largest absolute Gasteiger partial charge is 0.497 e. The maximum absolute atomic E-state index is 6.55. The van der Waals surface area contributed by atoms with E-state index in [2.05, 4.69) is 61.3 Å². The molecule has 5 nitrogen and oxygen atoms in total. The number of nitrogens with zero attached hydrogens (tertiary/aromatic N) is 2. The van der Waals surface area contributed by atoms with Crippen LogP contribution in [0.4, 0.5) is 0 Å². The van der Waals surface area contributed by atoms with Crippen LogP contribution < -0.4 is 14.2 Å². The molecule has 3 aromatic rings. The van der Waals surface area contributed by atoms with E-state index in [9.17, 15) is 0 Å². The van der Waals surface area contributed by atoms with Crippen LogP contribution in [0.1, 0.15) is 60.7 Å². The van der Waals surface area contributed by atoms with Gasteiger partial charge in [-0.2, -0.15) is 5.10 Å². The van der Waals surface area contributed by atoms with Crippen molar-refractivity contribution in [2.75, 3.05) is 14.2 Å². The van der Waals surface area contributed by atoms with Crippen molar-refractivity contribution in [3.8, 4) is 17.2 Å². The van der Waals surface area contributed by atoms with Crippen molar-refractivity contribution in [1.82, 2.24) is 5.01 Å². The van der Waals surface area contributed by atoms with Crippen LogP contribution in [0.25, 0.3) is 0 Å². The van der Waals surface area contributed by atoms with Gasteiger partial charge in [-0.3, -0.25) is 0 Å². The zero-order valence-corrected chi connectivity index (χ0v) is 18.9. The maximum atomic E-state index is 6.55. The molecule has 3 aromatic carbocycles. The Morgan fingerprint density at radius 1 is 0.938 bits per heavy atom. The van der Waals surface area contributed by atoms with E-state index in [1.165, 1.54) is 5.56 Å². The number of fused-ring (bicyclic) bond motifs is 3. The van der Waals surface area contributed by atoms with Crippen molar-refractivity contribution in [2.24, 2.45) is 5.10 Å². The minimum absolute atomic E-state index is 0.0840. The third-order valence-electron chi connectivity index (χ3n) is 6.31. The van der Waals surface area contributed by atoms with Crippen molar-refractivity contribution >= 4 is 5.71 Å². The lowest BCUT2D eigenvalue weighted by Crippen LogP contribution is -2.33. The van der Waals surface area contributed by atoms with Gasteiger partial charge < -0.3 is 14.2 Å². The van der Waals surface area contributed by atoms with E-state index in [4.69, 9.17) is 19.3 Å². The molecular weight excluding hydrogens is 400 g/mol. The average Bonchev–Trinajstić information content (AvgIpc) is 3.29. The van der Waals surface area contributed by atoms with Crippen LogP contribution in [0.3, 0.4) is 0 Å². The number of hydrazone groups is 1. The molecule has 0 bridgehead atoms. The zero-order chi connectivity index (χ0) is 22.2. The number of ether oxygens (including phenoxy) is 3. The number of methoxy groups -OCH3 is 2. The molecule has 0 saturated heterocycles. The number of hydrogen-bond donors (Lipinski definition) is 0. The normalized spacial score (nSPS) is 19.2. The second-order valence-corrected chi connectivity index (χ2v) is 8.55. The summed E-state index contributed by atoms with van der Waals surface area (Å²) in [6, 6.07) is 22.9. The molecule has 2 atom stereocenters. The van der Waals surface area contributed by atoms with Crippen LogP contribution in [0, 0.1) is 0 Å². The highest BCUT2D eigenvalue weighted by Crippen LogP contribution is 2.50. The fraction of sp³-hybridized carbons (Fsp3) is 0.296. The van der Waals surface area contributed by atoms with E-state index in [0.717, 1.165) is 46.1 Å². The van der Waals surface area contributed by atoms with E-state index in [0.29, 0.717) is 5.92 Å². The summed E-state index contributed by atoms with van der Waals surface area (Å²) in [5.74, 6) is 2.88. The highest BCUT2D eigenvalue weighted by molar-refractivity contribution is 6.02. The van der Waals surface area contributed by atoms with Gasteiger partial charge in [-0.05, 0) is 47.4 Å². The van der Waals surface area contributed by atoms with Gasteiger partial charge in [-0.25, -0.2) is 5.01 Å². The van der Waals surface area contributed by atoms with Gasteiger partial charge in [0.1, 0.15) is 5.75 Å². The summed E-state index contributed by atoms with van der Waals surface area (Å²) < 4.78 is 17.5. The molecule has 0 aromatic heterocycles. The van der Waals surface area contributed by atoms with E-state index >= 15 is 0 Å². The minimum atomic E-state index is -0.319. The molecule has 32 heavy (non-hydrogen) atoms. The molecule has 0 fully saturated rings. The van der Waals surface area contributed by atoms with Gasteiger partial charge in [-0.1, -0.05) is 50.2 Å². The second kappa shape index (κ2) is 8.23. The minimum Gasteiger partial charge on any atom is -0.497 e. The fourth-order valence-corrected chi connectivity index (χ4v) is 4.47. The standard InChI is InChI=1S/C27H28N2O3/c1-17(2)18-8-10-20(11-9-18)27-29-24(22-6-5-7-25(31-4)26(22)32-27)16-23(28-29)19-12-14-21(30-3)15-13-19/h5-15,17,24,27H,16H2,1-4H3/t24-,27-/m1/s1. The van der Waals surface area contributed by atoms with Crippen LogP contribution in [0.2, 0.25) is 0 Å². The highest BCUT2D eigenvalue weighted by atomic mass is 16.5. The van der Waals surface area contributed by atoms with Crippen LogP contribution in [0.5, 0.6) is 17.2 Å². The molecule has 0 aliphatic carbocycles. The van der Waals surface area contributed by atoms with Gasteiger partial charge in [0.15, 0.2) is 11.5 Å². The summed E-state index contributed by atoms with van der Waals surface area (Å²) >= 11 is 0. The number of rotatable bonds is 5. The molecule has 2 heterocycles. The molecule has 164 valence electrons. The van der Waals surface area contributed by atoms with E-state index in [-0.39, 0.29) is 12.3 Å². The van der Waals surface area contributed by atoms with Gasteiger partial charge in [0.2, 0.25) is 6.23 Å². The fourth-order valence-electron chi connectivity index (χ4n) is 4.47. The first kappa shape index (κ1) is 20.4. The molecule has 0 saturated carbocycles. The quantitative estimate of drug-likeness (QED) is 0.495. The maximum Gasteiger partial charge on any atom is 0.214 e. The lowest BCUT2D eigenvalue weighted by Gasteiger charge is -2.38. The third kappa shape index (κ3) is 3.48. The van der Waals surface area contributed by atoms with Crippen molar-refractivity contribution in [3.05, 3.63) is 89.0 Å². The summed E-state index contributed by atoms with van der Waals surface area (Å²) in [6.45, 7) is 4.41. The van der Waals surface area contributed by atoms with Gasteiger partial charge in [0.25, 0.3) is 0 Å². The molecule has 0 amide bonds. The Labute approximate surface area is 189 Å². The summed E-state index contributed by atoms with van der Waals surface area (Å²) in [5.41, 5.74) is 5.63. The van der Waals surface area contributed by atoms with Crippen LogP contribution in [0.15, 0.2) is 71.8 Å². The van der Waals surface area contributed by atoms with Crippen LogP contribution >= 0.6 is 0 Å². The average molecular weight is 429 g/mol. The molecule has 5 heteroatoms. The van der Waals surface area contributed by atoms with Gasteiger partial charge in [0.05, 0.1) is 26.0 Å². The van der Waals surface area contributed by atoms with Crippen LogP contribution in [-0.2, 0) is 0 Å². The molecule has 0 spiro atoms. The smallest absolute Gasteiger partial charge is 0.214 e. The van der Waals surface area contributed by atoms with E-state index in [1.54, 1.807) is 14.2 Å². The Bertz CT molecular complexity index is 1140. The molecule has 0 N–H and O–H groups in total.